The van der Waals surface area contributed by atoms with Gasteiger partial charge < -0.3 is 20.5 Å². The molecule has 0 spiro atoms. The highest BCUT2D eigenvalue weighted by Gasteiger charge is 2.23. The first-order valence-electron chi connectivity index (χ1n) is 13.4. The minimum absolute atomic E-state index is 0.122. The van der Waals surface area contributed by atoms with Crippen molar-refractivity contribution in [3.63, 3.8) is 0 Å². The molecule has 0 saturated carbocycles. The summed E-state index contributed by atoms with van der Waals surface area (Å²) in [6.07, 6.45) is 4.97. The van der Waals surface area contributed by atoms with E-state index in [-0.39, 0.29) is 11.3 Å². The van der Waals surface area contributed by atoms with Crippen molar-refractivity contribution in [1.82, 2.24) is 9.88 Å². The Morgan fingerprint density at radius 3 is 2.58 bits per heavy atom. The van der Waals surface area contributed by atoms with Crippen molar-refractivity contribution in [3.8, 4) is 5.75 Å². The molecule has 1 fully saturated rings. The van der Waals surface area contributed by atoms with Crippen molar-refractivity contribution < 1.29 is 14.3 Å². The topological polar surface area (TPSA) is 119 Å². The number of hydrazine groups is 1. The van der Waals surface area contributed by atoms with Crippen LogP contribution in [0.4, 0.5) is 11.4 Å². The lowest BCUT2D eigenvalue weighted by molar-refractivity contribution is 0.0339. The number of pyridine rings is 1. The number of hydrogen-bond donors (Lipinski definition) is 3. The molecular formula is C31H40N6O3. The van der Waals surface area contributed by atoms with Crippen molar-refractivity contribution in [2.45, 2.75) is 39.7 Å². The number of amides is 1. The number of ether oxygens (including phenoxy) is 2. The monoisotopic (exact) mass is 544 g/mol. The van der Waals surface area contributed by atoms with E-state index >= 15 is 0 Å². The molecule has 9 heteroatoms. The fourth-order valence-electron chi connectivity index (χ4n) is 4.62. The second kappa shape index (κ2) is 12.5. The summed E-state index contributed by atoms with van der Waals surface area (Å²) >= 11 is 0. The lowest BCUT2D eigenvalue weighted by atomic mass is 9.85. The van der Waals surface area contributed by atoms with Crippen LogP contribution < -0.4 is 26.6 Å². The SMILES string of the molecule is COc1c(CN2CCOCC2)cc(C(C)(C)C)cc1NC(=O)c1ccc(C)c(N(N)/C=C(\N)c2cccnc2)c1. The summed E-state index contributed by atoms with van der Waals surface area (Å²) in [5.74, 6) is 6.77. The number of nitrogens with two attached hydrogens (primary N) is 2. The molecule has 0 aliphatic carbocycles. The summed E-state index contributed by atoms with van der Waals surface area (Å²) in [7, 11) is 1.64. The van der Waals surface area contributed by atoms with Crippen LogP contribution >= 0.6 is 0 Å². The second-order valence-corrected chi connectivity index (χ2v) is 11.0. The molecule has 0 radical (unpaired) electrons. The highest BCUT2D eigenvalue weighted by atomic mass is 16.5. The van der Waals surface area contributed by atoms with Gasteiger partial charge in [-0.15, -0.1) is 0 Å². The highest BCUT2D eigenvalue weighted by Crippen LogP contribution is 2.36. The largest absolute Gasteiger partial charge is 0.494 e. The standard InChI is InChI=1S/C31H40N6O3/c1-21-8-9-22(16-28(21)37(33)20-26(32)23-7-6-10-34-18-23)30(38)35-27-17-25(31(2,3)4)15-24(29(27)39-5)19-36-11-13-40-14-12-36/h6-10,15-18,20H,11-14,19,32-33H2,1-5H3,(H,35,38)/b26-20-. The van der Waals surface area contributed by atoms with Gasteiger partial charge in [-0.1, -0.05) is 32.9 Å². The first-order valence-corrected chi connectivity index (χ1v) is 13.4. The predicted octanol–water partition coefficient (Wildman–Crippen LogP) is 4.42. The number of anilines is 2. The number of carbonyl (C=O) groups is 1. The minimum atomic E-state index is -0.263. The quantitative estimate of drug-likeness (QED) is 0.282. The molecule has 2 heterocycles. The number of hydrogen-bond acceptors (Lipinski definition) is 8. The maximum atomic E-state index is 13.6. The van der Waals surface area contributed by atoms with Crippen molar-refractivity contribution in [2.24, 2.45) is 11.6 Å². The zero-order valence-electron chi connectivity index (χ0n) is 24.0. The van der Waals surface area contributed by atoms with Crippen LogP contribution in [0.2, 0.25) is 0 Å². The molecule has 9 nitrogen and oxygen atoms in total. The smallest absolute Gasteiger partial charge is 0.255 e. The number of aryl methyl sites for hydroxylation is 1. The molecule has 1 aliphatic rings. The molecule has 40 heavy (non-hydrogen) atoms. The molecule has 0 unspecified atom stereocenters. The average Bonchev–Trinajstić information content (AvgIpc) is 2.93. The number of methoxy groups -OCH3 is 1. The molecule has 1 aliphatic heterocycles. The molecule has 5 N–H and O–H groups in total. The Kier molecular flexibility index (Phi) is 9.09. The van der Waals surface area contributed by atoms with Crippen LogP contribution in [0.25, 0.3) is 5.70 Å². The Labute approximate surface area is 236 Å². The van der Waals surface area contributed by atoms with Crippen molar-refractivity contribution in [3.05, 3.63) is 88.9 Å². The minimum Gasteiger partial charge on any atom is -0.494 e. The van der Waals surface area contributed by atoms with E-state index in [4.69, 9.17) is 21.1 Å². The number of benzene rings is 2. The van der Waals surface area contributed by atoms with E-state index in [0.717, 1.165) is 35.3 Å². The van der Waals surface area contributed by atoms with Gasteiger partial charge in [0.25, 0.3) is 5.91 Å². The summed E-state index contributed by atoms with van der Waals surface area (Å²) in [5.41, 5.74) is 12.1. The van der Waals surface area contributed by atoms with E-state index in [9.17, 15) is 4.79 Å². The average molecular weight is 545 g/mol. The molecule has 3 aromatic rings. The Bertz CT molecular complexity index is 1360. The van der Waals surface area contributed by atoms with E-state index < -0.39 is 0 Å². The summed E-state index contributed by atoms with van der Waals surface area (Å²) in [6.45, 7) is 12.2. The number of rotatable bonds is 8. The van der Waals surface area contributed by atoms with Crippen LogP contribution in [-0.2, 0) is 16.7 Å². The van der Waals surface area contributed by atoms with Crippen molar-refractivity contribution in [1.29, 1.82) is 0 Å². The number of nitrogens with zero attached hydrogens (tertiary/aromatic N) is 3. The number of carbonyl (C=O) groups excluding carboxylic acids is 1. The van der Waals surface area contributed by atoms with Gasteiger partial charge in [0.05, 0.1) is 37.4 Å². The molecule has 1 amide bonds. The van der Waals surface area contributed by atoms with Gasteiger partial charge in [0.1, 0.15) is 5.75 Å². The van der Waals surface area contributed by atoms with E-state index in [1.165, 1.54) is 5.01 Å². The molecule has 0 atom stereocenters. The van der Waals surface area contributed by atoms with Gasteiger partial charge in [0, 0.05) is 54.9 Å². The number of nitrogens with one attached hydrogen (secondary N) is 1. The Balaban J connectivity index is 1.63. The first-order chi connectivity index (χ1) is 19.1. The van der Waals surface area contributed by atoms with Crippen molar-refractivity contribution in [2.75, 3.05) is 43.7 Å². The van der Waals surface area contributed by atoms with Gasteiger partial charge >= 0.3 is 0 Å². The van der Waals surface area contributed by atoms with E-state index in [1.807, 2.05) is 31.2 Å². The highest BCUT2D eigenvalue weighted by molar-refractivity contribution is 6.06. The van der Waals surface area contributed by atoms with Crippen LogP contribution in [0.1, 0.15) is 53.4 Å². The van der Waals surface area contributed by atoms with Crippen LogP contribution in [0, 0.1) is 6.92 Å². The Hall–Kier alpha value is -3.92. The van der Waals surface area contributed by atoms with E-state index in [1.54, 1.807) is 37.8 Å². The molecular weight excluding hydrogens is 504 g/mol. The van der Waals surface area contributed by atoms with Gasteiger partial charge in [0.15, 0.2) is 0 Å². The summed E-state index contributed by atoms with van der Waals surface area (Å²) < 4.78 is 11.4. The second-order valence-electron chi connectivity index (χ2n) is 11.0. The van der Waals surface area contributed by atoms with Gasteiger partial charge in [-0.05, 0) is 53.8 Å². The Morgan fingerprint density at radius 1 is 1.18 bits per heavy atom. The van der Waals surface area contributed by atoms with Gasteiger partial charge in [0.2, 0.25) is 0 Å². The van der Waals surface area contributed by atoms with Gasteiger partial charge in [-0.3, -0.25) is 19.7 Å². The summed E-state index contributed by atoms with van der Waals surface area (Å²) in [5, 5.41) is 4.53. The zero-order valence-corrected chi connectivity index (χ0v) is 24.0. The van der Waals surface area contributed by atoms with Gasteiger partial charge in [-0.2, -0.15) is 0 Å². The van der Waals surface area contributed by atoms with Crippen LogP contribution in [0.5, 0.6) is 5.75 Å². The van der Waals surface area contributed by atoms with Crippen LogP contribution in [-0.4, -0.2) is 49.2 Å². The normalized spacial score (nSPS) is 14.6. The number of morpholine rings is 1. The fourth-order valence-corrected chi connectivity index (χ4v) is 4.62. The van der Waals surface area contributed by atoms with Crippen LogP contribution in [0.15, 0.2) is 61.1 Å². The number of aromatic nitrogens is 1. The lowest BCUT2D eigenvalue weighted by Crippen LogP contribution is -2.35. The fraction of sp³-hybridized carbons (Fsp3) is 0.355. The summed E-state index contributed by atoms with van der Waals surface area (Å²) in [4.78, 5) is 20.0. The zero-order chi connectivity index (χ0) is 28.9. The van der Waals surface area contributed by atoms with Crippen LogP contribution in [0.3, 0.4) is 0 Å². The Morgan fingerprint density at radius 2 is 1.93 bits per heavy atom. The third-order valence-electron chi connectivity index (χ3n) is 7.00. The predicted molar refractivity (Wildman–Crippen MR) is 160 cm³/mol. The molecule has 0 bridgehead atoms. The maximum Gasteiger partial charge on any atom is 0.255 e. The summed E-state index contributed by atoms with van der Waals surface area (Å²) in [6, 6.07) is 13.3. The molecule has 2 aromatic carbocycles. The third kappa shape index (κ3) is 6.98. The lowest BCUT2D eigenvalue weighted by Gasteiger charge is -2.29. The molecule has 1 saturated heterocycles. The molecule has 4 rings (SSSR count). The van der Waals surface area contributed by atoms with Gasteiger partial charge in [-0.25, -0.2) is 5.84 Å². The van der Waals surface area contributed by atoms with E-state index in [0.29, 0.717) is 48.1 Å². The van der Waals surface area contributed by atoms with Crippen molar-refractivity contribution >= 4 is 23.0 Å². The molecule has 212 valence electrons. The van der Waals surface area contributed by atoms with E-state index in [2.05, 4.69) is 42.0 Å². The first kappa shape index (κ1) is 29.1. The third-order valence-corrected chi connectivity index (χ3v) is 7.00. The maximum absolute atomic E-state index is 13.6. The molecule has 1 aromatic heterocycles.